The van der Waals surface area contributed by atoms with Gasteiger partial charge in [-0.25, -0.2) is 4.39 Å². The van der Waals surface area contributed by atoms with Crippen molar-refractivity contribution in [1.82, 2.24) is 20.0 Å². The maximum atomic E-state index is 15.0. The second-order valence-electron chi connectivity index (χ2n) is 10.9. The van der Waals surface area contributed by atoms with Crippen LogP contribution < -0.4 is 10.1 Å². The molecule has 3 aromatic rings. The van der Waals surface area contributed by atoms with Crippen molar-refractivity contribution in [1.29, 1.82) is 0 Å². The van der Waals surface area contributed by atoms with Crippen molar-refractivity contribution in [3.8, 4) is 5.75 Å². The van der Waals surface area contributed by atoms with Crippen LogP contribution in [-0.2, 0) is 6.42 Å². The molecule has 0 amide bonds. The Morgan fingerprint density at radius 1 is 1.19 bits per heavy atom. The standard InChI is InChI=1S/C28H37F2N5O/c1-18-12-23-21(8-9-25-24(23)14-31-33-25)27(35(18)17-28(2,3)30)22-7-6-19(13-26(22)36-4)32-20-15-34(16-20)11-5-10-29/h6-9,13-14,18,20,27,32H,5,10-12,15-17H2,1-4H3,(H,31,33)/t18-,27?/m1/s1. The van der Waals surface area contributed by atoms with Crippen molar-refractivity contribution in [3.05, 3.63) is 53.2 Å². The van der Waals surface area contributed by atoms with Crippen LogP contribution in [-0.4, -0.2) is 77.7 Å². The van der Waals surface area contributed by atoms with E-state index in [0.717, 1.165) is 54.0 Å². The molecule has 2 aliphatic rings. The van der Waals surface area contributed by atoms with Gasteiger partial charge in [-0.05, 0) is 56.9 Å². The topological polar surface area (TPSA) is 56.4 Å². The number of rotatable bonds is 9. The summed E-state index contributed by atoms with van der Waals surface area (Å²) in [7, 11) is 1.69. The number of H-pyrrole nitrogens is 1. The quantitative estimate of drug-likeness (QED) is 0.430. The Labute approximate surface area is 212 Å². The number of alkyl halides is 2. The zero-order valence-electron chi connectivity index (χ0n) is 21.7. The Morgan fingerprint density at radius 2 is 1.97 bits per heavy atom. The summed E-state index contributed by atoms with van der Waals surface area (Å²) in [4.78, 5) is 4.53. The summed E-state index contributed by atoms with van der Waals surface area (Å²) in [5.74, 6) is 0.785. The molecule has 5 rings (SSSR count). The molecule has 2 atom stereocenters. The van der Waals surface area contributed by atoms with Gasteiger partial charge in [0.25, 0.3) is 0 Å². The van der Waals surface area contributed by atoms with Crippen LogP contribution in [0.3, 0.4) is 0 Å². The number of halogens is 2. The molecule has 2 aromatic carbocycles. The maximum Gasteiger partial charge on any atom is 0.126 e. The average Bonchev–Trinajstić information content (AvgIpc) is 3.30. The number of ether oxygens (including phenoxy) is 1. The smallest absolute Gasteiger partial charge is 0.126 e. The molecular weight excluding hydrogens is 460 g/mol. The Kier molecular flexibility index (Phi) is 6.92. The first-order valence-electron chi connectivity index (χ1n) is 12.9. The molecule has 0 saturated carbocycles. The highest BCUT2D eigenvalue weighted by Gasteiger charge is 2.38. The number of anilines is 1. The first-order chi connectivity index (χ1) is 17.3. The molecule has 3 heterocycles. The van der Waals surface area contributed by atoms with Crippen LogP contribution in [0, 0.1) is 0 Å². The lowest BCUT2D eigenvalue weighted by Gasteiger charge is -2.44. The van der Waals surface area contributed by atoms with E-state index >= 15 is 4.39 Å². The van der Waals surface area contributed by atoms with Crippen LogP contribution in [0.1, 0.15) is 49.9 Å². The van der Waals surface area contributed by atoms with Crippen molar-refractivity contribution in [2.24, 2.45) is 0 Å². The fourth-order valence-electron chi connectivity index (χ4n) is 5.84. The Morgan fingerprint density at radius 3 is 2.69 bits per heavy atom. The minimum Gasteiger partial charge on any atom is -0.496 e. The number of aromatic amines is 1. The molecular formula is C28H37F2N5O. The zero-order chi connectivity index (χ0) is 25.4. The fourth-order valence-corrected chi connectivity index (χ4v) is 5.84. The van der Waals surface area contributed by atoms with E-state index < -0.39 is 5.67 Å². The number of benzene rings is 2. The van der Waals surface area contributed by atoms with E-state index in [1.54, 1.807) is 21.0 Å². The third-order valence-corrected chi connectivity index (χ3v) is 7.49. The lowest BCUT2D eigenvalue weighted by Crippen LogP contribution is -2.54. The van der Waals surface area contributed by atoms with E-state index in [0.29, 0.717) is 19.0 Å². The van der Waals surface area contributed by atoms with Gasteiger partial charge in [0.15, 0.2) is 0 Å². The highest BCUT2D eigenvalue weighted by Crippen LogP contribution is 2.44. The molecule has 1 aromatic heterocycles. The Balaban J connectivity index is 1.48. The molecule has 36 heavy (non-hydrogen) atoms. The van der Waals surface area contributed by atoms with Crippen LogP contribution in [0.15, 0.2) is 36.5 Å². The molecule has 0 aliphatic carbocycles. The van der Waals surface area contributed by atoms with E-state index in [1.165, 1.54) is 11.1 Å². The lowest BCUT2D eigenvalue weighted by atomic mass is 9.82. The number of fused-ring (bicyclic) bond motifs is 3. The largest absolute Gasteiger partial charge is 0.496 e. The van der Waals surface area contributed by atoms with Gasteiger partial charge in [-0.15, -0.1) is 0 Å². The highest BCUT2D eigenvalue weighted by atomic mass is 19.1. The van der Waals surface area contributed by atoms with Crippen LogP contribution in [0.5, 0.6) is 5.75 Å². The summed E-state index contributed by atoms with van der Waals surface area (Å²) in [5.41, 5.74) is 4.15. The van der Waals surface area contributed by atoms with E-state index in [4.69, 9.17) is 4.74 Å². The lowest BCUT2D eigenvalue weighted by molar-refractivity contribution is 0.0672. The van der Waals surface area contributed by atoms with Crippen LogP contribution in [0.2, 0.25) is 0 Å². The summed E-state index contributed by atoms with van der Waals surface area (Å²) in [6.45, 7) is 8.15. The number of aromatic nitrogens is 2. The Hall–Kier alpha value is -2.71. The first kappa shape index (κ1) is 25.0. The number of hydrogen-bond donors (Lipinski definition) is 2. The van der Waals surface area contributed by atoms with Crippen LogP contribution in [0.4, 0.5) is 14.5 Å². The van der Waals surface area contributed by atoms with Gasteiger partial charge in [0.1, 0.15) is 11.4 Å². The van der Waals surface area contributed by atoms with Crippen molar-refractivity contribution >= 4 is 16.6 Å². The van der Waals surface area contributed by atoms with E-state index in [9.17, 15) is 4.39 Å². The normalized spacial score (nSPS) is 21.4. The molecule has 2 N–H and O–H groups in total. The predicted molar refractivity (Wildman–Crippen MR) is 140 cm³/mol. The van der Waals surface area contributed by atoms with Crippen molar-refractivity contribution in [2.75, 3.05) is 45.3 Å². The molecule has 2 aliphatic heterocycles. The molecule has 1 unspecified atom stereocenters. The SMILES string of the molecule is COc1cc(NC2CN(CCCF)C2)ccc1C1c2ccc3[nH]ncc3c2C[C@@H](C)N1CC(C)(C)F. The second kappa shape index (κ2) is 9.98. The third-order valence-electron chi connectivity index (χ3n) is 7.49. The highest BCUT2D eigenvalue weighted by molar-refractivity contribution is 5.83. The summed E-state index contributed by atoms with van der Waals surface area (Å²) in [6, 6.07) is 10.8. The molecule has 6 nitrogen and oxygen atoms in total. The van der Waals surface area contributed by atoms with Gasteiger partial charge in [-0.1, -0.05) is 12.1 Å². The maximum absolute atomic E-state index is 15.0. The van der Waals surface area contributed by atoms with Crippen molar-refractivity contribution in [2.45, 2.75) is 57.4 Å². The summed E-state index contributed by atoms with van der Waals surface area (Å²) < 4.78 is 33.4. The van der Waals surface area contributed by atoms with Crippen LogP contribution >= 0.6 is 0 Å². The summed E-state index contributed by atoms with van der Waals surface area (Å²) in [6.07, 6.45) is 3.32. The fraction of sp³-hybridized carbons (Fsp3) is 0.536. The first-order valence-corrected chi connectivity index (χ1v) is 12.9. The van der Waals surface area contributed by atoms with Gasteiger partial charge >= 0.3 is 0 Å². The minimum absolute atomic E-state index is 0.137. The van der Waals surface area contributed by atoms with Gasteiger partial charge in [0.2, 0.25) is 0 Å². The number of nitrogens with zero attached hydrogens (tertiary/aromatic N) is 3. The van der Waals surface area contributed by atoms with Gasteiger partial charge in [0.05, 0.1) is 37.6 Å². The number of nitrogens with one attached hydrogen (secondary N) is 2. The molecule has 0 bridgehead atoms. The van der Waals surface area contributed by atoms with Gasteiger partial charge in [-0.2, -0.15) is 5.10 Å². The second-order valence-corrected chi connectivity index (χ2v) is 10.9. The predicted octanol–water partition coefficient (Wildman–Crippen LogP) is 5.11. The molecule has 1 fully saturated rings. The minimum atomic E-state index is -1.34. The average molecular weight is 498 g/mol. The number of hydrogen-bond acceptors (Lipinski definition) is 5. The number of likely N-dealkylation sites (tertiary alicyclic amines) is 1. The molecule has 8 heteroatoms. The molecule has 194 valence electrons. The summed E-state index contributed by atoms with van der Waals surface area (Å²) >= 11 is 0. The molecule has 1 saturated heterocycles. The van der Waals surface area contributed by atoms with Gasteiger partial charge in [0, 0.05) is 54.9 Å². The van der Waals surface area contributed by atoms with Gasteiger partial charge < -0.3 is 10.1 Å². The number of methoxy groups -OCH3 is 1. The van der Waals surface area contributed by atoms with Crippen molar-refractivity contribution < 1.29 is 13.5 Å². The monoisotopic (exact) mass is 497 g/mol. The summed E-state index contributed by atoms with van der Waals surface area (Å²) in [5, 5.41) is 12.1. The zero-order valence-corrected chi connectivity index (χ0v) is 21.7. The Bertz CT molecular complexity index is 1200. The third kappa shape index (κ3) is 4.93. The van der Waals surface area contributed by atoms with E-state index in [2.05, 4.69) is 56.5 Å². The molecule has 0 radical (unpaired) electrons. The van der Waals surface area contributed by atoms with E-state index in [-0.39, 0.29) is 18.8 Å². The van der Waals surface area contributed by atoms with E-state index in [1.807, 2.05) is 12.3 Å². The van der Waals surface area contributed by atoms with Crippen LogP contribution in [0.25, 0.3) is 10.9 Å². The van der Waals surface area contributed by atoms with Crippen molar-refractivity contribution in [3.63, 3.8) is 0 Å². The van der Waals surface area contributed by atoms with Gasteiger partial charge in [-0.3, -0.25) is 19.3 Å². The molecule has 0 spiro atoms.